The highest BCUT2D eigenvalue weighted by Crippen LogP contribution is 2.69. The average Bonchev–Trinajstić information content (AvgIpc) is 3.53. The van der Waals surface area contributed by atoms with Crippen LogP contribution in [0.5, 0.6) is 0 Å². The highest BCUT2D eigenvalue weighted by atomic mass is 16.8. The number of aliphatic hydroxyl groups excluding tert-OH is 4. The molecular weight excluding hydrogens is 836 g/mol. The van der Waals surface area contributed by atoms with Crippen LogP contribution in [0.2, 0.25) is 0 Å². The number of ether oxygens (including phenoxy) is 10. The van der Waals surface area contributed by atoms with Gasteiger partial charge < -0.3 is 78.0 Å². The zero-order valence-electron chi connectivity index (χ0n) is 39.1. The minimum atomic E-state index is -1.60. The van der Waals surface area contributed by atoms with Crippen LogP contribution < -0.4 is 0 Å². The number of hydrogen-bond acceptors (Lipinski definition) is 17. The van der Waals surface area contributed by atoms with Gasteiger partial charge in [-0.2, -0.15) is 0 Å². The van der Waals surface area contributed by atoms with Crippen molar-refractivity contribution in [3.63, 3.8) is 0 Å². The molecule has 7 fully saturated rings. The highest BCUT2D eigenvalue weighted by molar-refractivity contribution is 5.80. The summed E-state index contributed by atoms with van der Waals surface area (Å²) in [6.07, 6.45) is -5.40. The van der Waals surface area contributed by atoms with Crippen molar-refractivity contribution in [1.29, 1.82) is 0 Å². The SMILES string of the molecule is CO[C@@H]1C[C@H](O[C@H]2[C@@H](O)C[C@H](O[C@@H]3[C@@H](C)O[C@@H](O[C@H]4[C@@H](O)C[C@H](O[C@H]5CC[C@@]6(C)C(=CC[C@]7(O)[C@@H]6C[C@@H](O)[C@]6(C)[C@H](C(C)=O)CC[C@@]67O)C5)O[C@@H]4C)C[C@H]3OC)O[C@@H]2C)O[C@H](C)[C@H]1O. The van der Waals surface area contributed by atoms with E-state index in [4.69, 9.17) is 47.4 Å². The number of rotatable bonds is 11. The lowest BCUT2D eigenvalue weighted by molar-refractivity contribution is -0.345. The van der Waals surface area contributed by atoms with Gasteiger partial charge in [-0.3, -0.25) is 4.79 Å². The minimum Gasteiger partial charge on any atom is -0.392 e. The van der Waals surface area contributed by atoms with E-state index >= 15 is 0 Å². The Bertz CT molecular complexity index is 1660. The van der Waals surface area contributed by atoms with Crippen molar-refractivity contribution in [3.8, 4) is 0 Å². The molecule has 4 saturated heterocycles. The van der Waals surface area contributed by atoms with Crippen molar-refractivity contribution in [3.05, 3.63) is 11.6 Å². The largest absolute Gasteiger partial charge is 0.392 e. The van der Waals surface area contributed by atoms with Gasteiger partial charge in [0.25, 0.3) is 0 Å². The summed E-state index contributed by atoms with van der Waals surface area (Å²) in [6.45, 7) is 12.7. The van der Waals surface area contributed by atoms with Gasteiger partial charge in [0.05, 0.1) is 61.0 Å². The van der Waals surface area contributed by atoms with Gasteiger partial charge in [-0.05, 0) is 85.0 Å². The van der Waals surface area contributed by atoms with Crippen molar-refractivity contribution in [1.82, 2.24) is 0 Å². The second-order valence-corrected chi connectivity index (χ2v) is 20.9. The third kappa shape index (κ3) is 8.40. The molecule has 8 rings (SSSR count). The predicted octanol–water partition coefficient (Wildman–Crippen LogP) is 2.55. The standard InChI is InChI=1S/C47H76O17/c1-22(48)29-12-15-47(54)45(29,7)35(51)21-34-44(6)13-11-28(16-27(44)10-14-46(34,47)53)61-36-17-30(49)41(24(3)58-36)63-39-20-33(56-9)43(26(5)60-39)64-37-18-31(50)42(25(4)59-37)62-38-19-32(55-8)40(52)23(2)57-38/h10,23-26,28-43,49-54H,11-21H2,1-9H3/t23-,24-,25-,26-,28+,29+,30+,31+,32-,33-,34-,35-,36+,37+,38+,39+,40-,41-,42-,43-,44+,45+,46+,47-/m1/s1. The fourth-order valence-corrected chi connectivity index (χ4v) is 13.6. The zero-order valence-corrected chi connectivity index (χ0v) is 39.1. The van der Waals surface area contributed by atoms with E-state index in [9.17, 15) is 35.4 Å². The topological polar surface area (TPSA) is 231 Å². The van der Waals surface area contributed by atoms with E-state index in [2.05, 4.69) is 13.0 Å². The van der Waals surface area contributed by atoms with Crippen LogP contribution in [0.25, 0.3) is 0 Å². The van der Waals surface area contributed by atoms with Crippen molar-refractivity contribution < 1.29 is 82.8 Å². The van der Waals surface area contributed by atoms with Crippen LogP contribution in [0.15, 0.2) is 11.6 Å². The molecule has 0 aromatic rings. The lowest BCUT2D eigenvalue weighted by Crippen LogP contribution is -2.75. The van der Waals surface area contributed by atoms with Crippen molar-refractivity contribution >= 4 is 5.78 Å². The number of aliphatic hydroxyl groups is 6. The number of fused-ring (bicyclic) bond motifs is 5. The number of Topliss-reactive ketones (excluding diaryl/α,β-unsaturated/α-hetero) is 1. The summed E-state index contributed by atoms with van der Waals surface area (Å²) in [5.41, 5.74) is -3.55. The van der Waals surface area contributed by atoms with Gasteiger partial charge in [0.2, 0.25) is 0 Å². The van der Waals surface area contributed by atoms with Gasteiger partial charge in [0.1, 0.15) is 41.4 Å². The molecule has 4 heterocycles. The molecule has 4 aliphatic carbocycles. The van der Waals surface area contributed by atoms with Gasteiger partial charge in [-0.25, -0.2) is 0 Å². The van der Waals surface area contributed by atoms with Crippen LogP contribution in [-0.2, 0) is 52.2 Å². The van der Waals surface area contributed by atoms with Gasteiger partial charge in [0, 0.05) is 57.2 Å². The molecule has 17 nitrogen and oxygen atoms in total. The number of ketones is 1. The molecule has 3 saturated carbocycles. The molecule has 0 aromatic heterocycles. The van der Waals surface area contributed by atoms with Gasteiger partial charge >= 0.3 is 0 Å². The van der Waals surface area contributed by atoms with E-state index in [-0.39, 0.29) is 37.6 Å². The first-order valence-corrected chi connectivity index (χ1v) is 23.8. The lowest BCUT2D eigenvalue weighted by atomic mass is 9.43. The van der Waals surface area contributed by atoms with Crippen molar-refractivity contribution in [2.24, 2.45) is 22.7 Å². The number of carbonyl (C=O) groups is 1. The van der Waals surface area contributed by atoms with E-state index in [0.29, 0.717) is 44.9 Å². The maximum Gasteiger partial charge on any atom is 0.161 e. The summed E-state index contributed by atoms with van der Waals surface area (Å²) >= 11 is 0. The van der Waals surface area contributed by atoms with E-state index < -0.39 is 138 Å². The van der Waals surface area contributed by atoms with Crippen molar-refractivity contribution in [2.75, 3.05) is 14.2 Å². The molecule has 64 heavy (non-hydrogen) atoms. The molecule has 0 radical (unpaired) electrons. The van der Waals surface area contributed by atoms with Crippen LogP contribution in [0.1, 0.15) is 119 Å². The molecule has 17 heteroatoms. The van der Waals surface area contributed by atoms with Gasteiger partial charge in [-0.15, -0.1) is 0 Å². The van der Waals surface area contributed by atoms with Crippen LogP contribution in [0.3, 0.4) is 0 Å². The Balaban J connectivity index is 0.824. The Morgan fingerprint density at radius 2 is 1.19 bits per heavy atom. The molecule has 366 valence electrons. The normalized spacial score (nSPS) is 54.3. The molecule has 0 bridgehead atoms. The van der Waals surface area contributed by atoms with Gasteiger partial charge in [-0.1, -0.05) is 25.5 Å². The summed E-state index contributed by atoms with van der Waals surface area (Å²) in [7, 11) is 3.12. The first-order valence-electron chi connectivity index (χ1n) is 23.8. The summed E-state index contributed by atoms with van der Waals surface area (Å²) < 4.78 is 61.5. The van der Waals surface area contributed by atoms with E-state index in [1.807, 2.05) is 13.8 Å². The quantitative estimate of drug-likeness (QED) is 0.164. The second-order valence-electron chi connectivity index (χ2n) is 20.9. The molecule has 0 spiro atoms. The summed E-state index contributed by atoms with van der Waals surface area (Å²) in [4.78, 5) is 12.7. The third-order valence-electron chi connectivity index (χ3n) is 17.4. The van der Waals surface area contributed by atoms with E-state index in [1.165, 1.54) is 14.0 Å². The third-order valence-corrected chi connectivity index (χ3v) is 17.4. The Kier molecular flexibility index (Phi) is 14.3. The second kappa shape index (κ2) is 18.6. The maximum atomic E-state index is 12.7. The highest BCUT2D eigenvalue weighted by Gasteiger charge is 2.76. The van der Waals surface area contributed by atoms with E-state index in [0.717, 1.165) is 5.57 Å². The molecule has 8 aliphatic rings. The first kappa shape index (κ1) is 49.2. The van der Waals surface area contributed by atoms with Gasteiger partial charge in [0.15, 0.2) is 25.2 Å². The van der Waals surface area contributed by atoms with Crippen LogP contribution in [0, 0.1) is 22.7 Å². The molecular formula is C47H76O17. The Morgan fingerprint density at radius 1 is 0.672 bits per heavy atom. The summed E-state index contributed by atoms with van der Waals surface area (Å²) in [6, 6.07) is 0. The molecule has 0 unspecified atom stereocenters. The van der Waals surface area contributed by atoms with Crippen LogP contribution >= 0.6 is 0 Å². The average molecular weight is 913 g/mol. The summed E-state index contributed by atoms with van der Waals surface area (Å²) in [5.74, 6) is -0.972. The fraction of sp³-hybridized carbons (Fsp3) is 0.936. The lowest BCUT2D eigenvalue weighted by Gasteiger charge is -2.66. The number of methoxy groups -OCH3 is 2. The Morgan fingerprint density at radius 3 is 1.75 bits per heavy atom. The molecule has 6 N–H and O–H groups in total. The first-order chi connectivity index (χ1) is 30.2. The Labute approximate surface area is 377 Å². The smallest absolute Gasteiger partial charge is 0.161 e. The molecule has 24 atom stereocenters. The zero-order chi connectivity index (χ0) is 46.3. The van der Waals surface area contributed by atoms with Crippen LogP contribution in [0.4, 0.5) is 0 Å². The Hall–Kier alpha value is -1.23. The summed E-state index contributed by atoms with van der Waals surface area (Å²) in [5, 5.41) is 69.5. The molecule has 0 aromatic carbocycles. The number of carbonyl (C=O) groups excluding carboxylic acids is 1. The molecule has 0 amide bonds. The van der Waals surface area contributed by atoms with Crippen molar-refractivity contribution in [2.45, 2.75) is 241 Å². The monoisotopic (exact) mass is 913 g/mol. The van der Waals surface area contributed by atoms with Crippen LogP contribution in [-0.4, -0.2) is 172 Å². The fourth-order valence-electron chi connectivity index (χ4n) is 13.6. The molecule has 4 aliphatic heterocycles. The predicted molar refractivity (Wildman–Crippen MR) is 225 cm³/mol. The number of hydrogen-bond donors (Lipinski definition) is 6. The maximum absolute atomic E-state index is 12.7. The minimum absolute atomic E-state index is 0.0647. The van der Waals surface area contributed by atoms with E-state index in [1.54, 1.807) is 27.9 Å².